The molecule has 2 N–H and O–H groups in total. The molecule has 2 aromatic rings. The van der Waals surface area contributed by atoms with Crippen LogP contribution in [0.5, 0.6) is 0 Å². The predicted octanol–water partition coefficient (Wildman–Crippen LogP) is 2.21. The normalized spacial score (nSPS) is 12.6. The number of nitrogens with zero attached hydrogens (tertiary/aromatic N) is 2. The standard InChI is InChI=1S/C14H19N3/c1-11-3-5-12(6-4-11)13(7-9-15)14-8-10-16-17(14)2/h3-6,8,10,13H,7,9,15H2,1-2H3. The van der Waals surface area contributed by atoms with E-state index in [-0.39, 0.29) is 0 Å². The molecular weight excluding hydrogens is 210 g/mol. The summed E-state index contributed by atoms with van der Waals surface area (Å²) < 4.78 is 1.93. The quantitative estimate of drug-likeness (QED) is 0.873. The fraction of sp³-hybridized carbons (Fsp3) is 0.357. The first-order valence-electron chi connectivity index (χ1n) is 5.97. The fourth-order valence-electron chi connectivity index (χ4n) is 2.18. The Labute approximate surface area is 102 Å². The van der Waals surface area contributed by atoms with E-state index in [1.54, 1.807) is 0 Å². The minimum atomic E-state index is 0.341. The van der Waals surface area contributed by atoms with Gasteiger partial charge in [0.25, 0.3) is 0 Å². The van der Waals surface area contributed by atoms with Crippen LogP contribution >= 0.6 is 0 Å². The van der Waals surface area contributed by atoms with Gasteiger partial charge < -0.3 is 5.73 Å². The van der Waals surface area contributed by atoms with Gasteiger partial charge in [0.05, 0.1) is 0 Å². The molecule has 0 saturated heterocycles. The van der Waals surface area contributed by atoms with Crippen molar-refractivity contribution in [1.29, 1.82) is 0 Å². The summed E-state index contributed by atoms with van der Waals surface area (Å²) in [7, 11) is 1.98. The van der Waals surface area contributed by atoms with Crippen molar-refractivity contribution in [2.75, 3.05) is 6.54 Å². The zero-order valence-corrected chi connectivity index (χ0v) is 10.4. The highest BCUT2D eigenvalue weighted by Crippen LogP contribution is 2.27. The smallest absolute Gasteiger partial charge is 0.0492 e. The van der Waals surface area contributed by atoms with E-state index in [0.717, 1.165) is 6.42 Å². The van der Waals surface area contributed by atoms with Gasteiger partial charge in [-0.15, -0.1) is 0 Å². The lowest BCUT2D eigenvalue weighted by atomic mass is 9.92. The highest BCUT2D eigenvalue weighted by atomic mass is 15.3. The summed E-state index contributed by atoms with van der Waals surface area (Å²) in [6.07, 6.45) is 2.79. The first-order valence-corrected chi connectivity index (χ1v) is 5.97. The molecule has 0 saturated carbocycles. The van der Waals surface area contributed by atoms with Crippen LogP contribution in [0.3, 0.4) is 0 Å². The molecule has 0 bridgehead atoms. The molecule has 90 valence electrons. The van der Waals surface area contributed by atoms with Gasteiger partial charge in [-0.25, -0.2) is 0 Å². The molecule has 3 nitrogen and oxygen atoms in total. The summed E-state index contributed by atoms with van der Waals surface area (Å²) in [5, 5.41) is 4.24. The van der Waals surface area contributed by atoms with E-state index in [9.17, 15) is 0 Å². The molecule has 0 aliphatic carbocycles. The Morgan fingerprint density at radius 3 is 2.47 bits per heavy atom. The molecule has 17 heavy (non-hydrogen) atoms. The number of rotatable bonds is 4. The van der Waals surface area contributed by atoms with Crippen LogP contribution in [-0.4, -0.2) is 16.3 Å². The van der Waals surface area contributed by atoms with Crippen LogP contribution in [0.1, 0.15) is 29.2 Å². The molecule has 3 heteroatoms. The van der Waals surface area contributed by atoms with Gasteiger partial charge in [0.1, 0.15) is 0 Å². The molecule has 0 spiro atoms. The first kappa shape index (κ1) is 11.9. The minimum Gasteiger partial charge on any atom is -0.330 e. The maximum absolute atomic E-state index is 5.72. The Hall–Kier alpha value is -1.61. The molecule has 1 heterocycles. The van der Waals surface area contributed by atoms with Crippen molar-refractivity contribution in [3.63, 3.8) is 0 Å². The predicted molar refractivity (Wildman–Crippen MR) is 69.9 cm³/mol. The average Bonchev–Trinajstić information content (AvgIpc) is 2.74. The lowest BCUT2D eigenvalue weighted by Gasteiger charge is -2.17. The van der Waals surface area contributed by atoms with Gasteiger partial charge in [0.2, 0.25) is 0 Å². The number of hydrogen-bond acceptors (Lipinski definition) is 2. The third-order valence-corrected chi connectivity index (χ3v) is 3.15. The summed E-state index contributed by atoms with van der Waals surface area (Å²) in [5.74, 6) is 0.341. The molecule has 1 atom stereocenters. The lowest BCUT2D eigenvalue weighted by molar-refractivity contribution is 0.630. The Morgan fingerprint density at radius 2 is 1.94 bits per heavy atom. The van der Waals surface area contributed by atoms with Crippen molar-refractivity contribution in [1.82, 2.24) is 9.78 Å². The molecule has 1 unspecified atom stereocenters. The minimum absolute atomic E-state index is 0.341. The molecule has 0 aliphatic rings. The maximum Gasteiger partial charge on any atom is 0.0492 e. The largest absolute Gasteiger partial charge is 0.330 e. The average molecular weight is 229 g/mol. The van der Waals surface area contributed by atoms with E-state index in [1.807, 2.05) is 17.9 Å². The van der Waals surface area contributed by atoms with Crippen molar-refractivity contribution < 1.29 is 0 Å². The second-order valence-corrected chi connectivity index (χ2v) is 4.42. The third-order valence-electron chi connectivity index (χ3n) is 3.15. The third kappa shape index (κ3) is 2.56. The van der Waals surface area contributed by atoms with Crippen molar-refractivity contribution >= 4 is 0 Å². The van der Waals surface area contributed by atoms with E-state index >= 15 is 0 Å². The highest BCUT2D eigenvalue weighted by Gasteiger charge is 2.16. The van der Waals surface area contributed by atoms with Crippen LogP contribution in [0, 0.1) is 6.92 Å². The second-order valence-electron chi connectivity index (χ2n) is 4.42. The number of nitrogens with two attached hydrogens (primary N) is 1. The summed E-state index contributed by atoms with van der Waals surface area (Å²) in [6, 6.07) is 10.7. The van der Waals surface area contributed by atoms with E-state index in [0.29, 0.717) is 12.5 Å². The van der Waals surface area contributed by atoms with Crippen LogP contribution in [-0.2, 0) is 7.05 Å². The van der Waals surface area contributed by atoms with Crippen molar-refractivity contribution in [3.05, 3.63) is 53.3 Å². The molecule has 0 amide bonds. The van der Waals surface area contributed by atoms with Crippen LogP contribution in [0.15, 0.2) is 36.5 Å². The zero-order chi connectivity index (χ0) is 12.3. The second kappa shape index (κ2) is 5.15. The van der Waals surface area contributed by atoms with E-state index in [2.05, 4.69) is 42.4 Å². The van der Waals surface area contributed by atoms with Crippen molar-refractivity contribution in [2.24, 2.45) is 12.8 Å². The van der Waals surface area contributed by atoms with Gasteiger partial charge in [-0.05, 0) is 31.5 Å². The summed E-state index contributed by atoms with van der Waals surface area (Å²) in [6.45, 7) is 2.79. The van der Waals surface area contributed by atoms with Gasteiger partial charge in [0, 0.05) is 24.9 Å². The molecule has 1 aromatic heterocycles. The Bertz CT molecular complexity index is 470. The molecule has 2 rings (SSSR count). The topological polar surface area (TPSA) is 43.8 Å². The number of hydrogen-bond donors (Lipinski definition) is 1. The summed E-state index contributed by atoms with van der Waals surface area (Å²) in [5.41, 5.74) is 9.54. The maximum atomic E-state index is 5.72. The lowest BCUT2D eigenvalue weighted by Crippen LogP contribution is -2.12. The van der Waals surface area contributed by atoms with Crippen LogP contribution in [0.25, 0.3) is 0 Å². The molecular formula is C14H19N3. The Morgan fingerprint density at radius 1 is 1.24 bits per heavy atom. The SMILES string of the molecule is Cc1ccc(C(CCN)c2ccnn2C)cc1. The van der Waals surface area contributed by atoms with Gasteiger partial charge >= 0.3 is 0 Å². The number of aromatic nitrogens is 2. The van der Waals surface area contributed by atoms with Crippen LogP contribution in [0.2, 0.25) is 0 Å². The monoisotopic (exact) mass is 229 g/mol. The number of benzene rings is 1. The van der Waals surface area contributed by atoms with Crippen LogP contribution < -0.4 is 5.73 Å². The summed E-state index contributed by atoms with van der Waals surface area (Å²) >= 11 is 0. The van der Waals surface area contributed by atoms with Gasteiger partial charge in [-0.1, -0.05) is 29.8 Å². The Kier molecular flexibility index (Phi) is 3.59. The Balaban J connectivity index is 2.35. The molecule has 1 aromatic carbocycles. The van der Waals surface area contributed by atoms with Gasteiger partial charge in [0.15, 0.2) is 0 Å². The number of aryl methyl sites for hydroxylation is 2. The van der Waals surface area contributed by atoms with Crippen molar-refractivity contribution in [3.8, 4) is 0 Å². The van der Waals surface area contributed by atoms with E-state index in [1.165, 1.54) is 16.8 Å². The molecule has 0 aliphatic heterocycles. The molecule has 0 radical (unpaired) electrons. The highest BCUT2D eigenvalue weighted by molar-refractivity contribution is 5.30. The van der Waals surface area contributed by atoms with Gasteiger partial charge in [-0.3, -0.25) is 4.68 Å². The van der Waals surface area contributed by atoms with Crippen LogP contribution in [0.4, 0.5) is 0 Å². The first-order chi connectivity index (χ1) is 8.22. The fourth-order valence-corrected chi connectivity index (χ4v) is 2.18. The summed E-state index contributed by atoms with van der Waals surface area (Å²) in [4.78, 5) is 0. The van der Waals surface area contributed by atoms with E-state index in [4.69, 9.17) is 5.73 Å². The van der Waals surface area contributed by atoms with E-state index < -0.39 is 0 Å². The van der Waals surface area contributed by atoms with Gasteiger partial charge in [-0.2, -0.15) is 5.10 Å². The molecule has 0 fully saturated rings. The van der Waals surface area contributed by atoms with Crippen molar-refractivity contribution in [2.45, 2.75) is 19.3 Å². The zero-order valence-electron chi connectivity index (χ0n) is 10.4.